The zero-order valence-corrected chi connectivity index (χ0v) is 19.2. The van der Waals surface area contributed by atoms with E-state index in [0.717, 1.165) is 6.42 Å². The van der Waals surface area contributed by atoms with Crippen molar-refractivity contribution in [1.29, 1.82) is 0 Å². The predicted molar refractivity (Wildman–Crippen MR) is 120 cm³/mol. The summed E-state index contributed by atoms with van der Waals surface area (Å²) < 4.78 is -1.07. The molecule has 168 valence electrons. The van der Waals surface area contributed by atoms with Gasteiger partial charge < -0.3 is 20.6 Å². The van der Waals surface area contributed by atoms with Crippen LogP contribution in [0.1, 0.15) is 40.5 Å². The molecule has 2 unspecified atom stereocenters. The van der Waals surface area contributed by atoms with Gasteiger partial charge in [-0.15, -0.1) is 11.8 Å². The predicted octanol–water partition coefficient (Wildman–Crippen LogP) is 2.01. The summed E-state index contributed by atoms with van der Waals surface area (Å²) >= 11 is 1.63. The largest absolute Gasteiger partial charge is 0.394 e. The minimum Gasteiger partial charge on any atom is -0.394 e. The molecule has 1 spiro atoms. The number of likely N-dealkylation sites (tertiary alicyclic amines) is 1. The number of para-hydroxylation sites is 1. The normalized spacial score (nSPS) is 34.7. The second-order valence-corrected chi connectivity index (χ2v) is 11.4. The maximum absolute atomic E-state index is 13.7. The van der Waals surface area contributed by atoms with Crippen LogP contribution in [-0.4, -0.2) is 62.0 Å². The minimum absolute atomic E-state index is 0.0688. The molecule has 2 bridgehead atoms. The number of rotatable bonds is 6. The fourth-order valence-electron chi connectivity index (χ4n) is 5.73. The summed E-state index contributed by atoms with van der Waals surface area (Å²) in [5.41, 5.74) is 0.693. The number of nitrogens with one attached hydrogen (secondary N) is 2. The Bertz CT molecular complexity index is 894. The molecule has 3 fully saturated rings. The number of amides is 3. The van der Waals surface area contributed by atoms with Crippen LogP contribution in [0.2, 0.25) is 0 Å². The topological polar surface area (TPSA) is 98.7 Å². The summed E-state index contributed by atoms with van der Waals surface area (Å²) in [5.74, 6) is -1.70. The lowest BCUT2D eigenvalue weighted by Crippen LogP contribution is -2.57. The van der Waals surface area contributed by atoms with Crippen molar-refractivity contribution >= 4 is 35.2 Å². The van der Waals surface area contributed by atoms with Crippen LogP contribution >= 0.6 is 11.8 Å². The van der Waals surface area contributed by atoms with Crippen LogP contribution in [0.4, 0.5) is 5.69 Å². The number of carbonyl (C=O) groups excluding carboxylic acids is 3. The first-order valence-electron chi connectivity index (χ1n) is 10.9. The van der Waals surface area contributed by atoms with Gasteiger partial charge in [-0.1, -0.05) is 18.2 Å². The molecule has 3 aliphatic heterocycles. The summed E-state index contributed by atoms with van der Waals surface area (Å²) in [6, 6.07) is 7.97. The Balaban J connectivity index is 1.73. The number of anilines is 1. The number of hydrogen-bond donors (Lipinski definition) is 3. The van der Waals surface area contributed by atoms with E-state index in [4.69, 9.17) is 0 Å². The zero-order valence-electron chi connectivity index (χ0n) is 18.4. The lowest BCUT2D eigenvalue weighted by molar-refractivity contribution is -0.142. The van der Waals surface area contributed by atoms with Crippen molar-refractivity contribution in [3.8, 4) is 0 Å². The van der Waals surface area contributed by atoms with E-state index in [-0.39, 0.29) is 30.4 Å². The van der Waals surface area contributed by atoms with Crippen molar-refractivity contribution in [3.63, 3.8) is 0 Å². The molecule has 3 N–H and O–H groups in total. The number of fused-ring (bicyclic) bond motifs is 1. The van der Waals surface area contributed by atoms with Gasteiger partial charge in [-0.25, -0.2) is 0 Å². The number of aliphatic hydroxyl groups excluding tert-OH is 1. The molecule has 3 saturated heterocycles. The molecule has 1 aromatic carbocycles. The Hall–Kier alpha value is -2.06. The number of thioether (sulfide) groups is 1. The van der Waals surface area contributed by atoms with Crippen molar-refractivity contribution in [2.75, 3.05) is 11.9 Å². The average Bonchev–Trinajstić information content (AvgIpc) is 3.28. The number of hydrogen-bond acceptors (Lipinski definition) is 5. The van der Waals surface area contributed by atoms with Crippen molar-refractivity contribution < 1.29 is 19.5 Å². The third-order valence-electron chi connectivity index (χ3n) is 6.96. The molecule has 3 amide bonds. The molecule has 7 nitrogen and oxygen atoms in total. The molecule has 0 aromatic heterocycles. The summed E-state index contributed by atoms with van der Waals surface area (Å²) in [5, 5.41) is 15.8. The summed E-state index contributed by atoms with van der Waals surface area (Å²) in [6.45, 7) is 7.34. The van der Waals surface area contributed by atoms with E-state index in [1.807, 2.05) is 51.1 Å². The third kappa shape index (κ3) is 3.35. The van der Waals surface area contributed by atoms with E-state index in [1.165, 1.54) is 0 Å². The first-order valence-corrected chi connectivity index (χ1v) is 11.8. The fourth-order valence-corrected chi connectivity index (χ4v) is 8.07. The van der Waals surface area contributed by atoms with Gasteiger partial charge in [0.25, 0.3) is 0 Å². The number of carbonyl (C=O) groups is 3. The zero-order chi connectivity index (χ0) is 22.6. The van der Waals surface area contributed by atoms with Crippen LogP contribution in [0.25, 0.3) is 0 Å². The maximum Gasteiger partial charge on any atom is 0.244 e. The summed E-state index contributed by atoms with van der Waals surface area (Å²) in [7, 11) is 0. The van der Waals surface area contributed by atoms with E-state index >= 15 is 0 Å². The van der Waals surface area contributed by atoms with Crippen molar-refractivity contribution in [3.05, 3.63) is 30.3 Å². The molecule has 3 heterocycles. The van der Waals surface area contributed by atoms with Gasteiger partial charge >= 0.3 is 0 Å². The van der Waals surface area contributed by atoms with Crippen LogP contribution in [0.15, 0.2) is 30.3 Å². The SMILES string of the molecule is CC(C)NC(=O)C1N([C@H](C)CO)C(=O)[C@@H]2[C@@H](C(=O)Nc3ccccc3)[C@@]3(C)CCC12S3. The molecule has 4 rings (SSSR count). The lowest BCUT2D eigenvalue weighted by atomic mass is 9.66. The highest BCUT2D eigenvalue weighted by molar-refractivity contribution is 8.02. The standard InChI is InChI=1S/C23H31N3O4S/c1-13(2)24-20(29)18-23-11-10-22(4,31-23)16(17(23)21(30)26(18)14(3)12-27)19(28)25-15-8-6-5-7-9-15/h5-9,13-14,16-18,27H,10-12H2,1-4H3,(H,24,29)(H,25,28)/t14-,16+,17+,18?,22-,23?/m1/s1. The Morgan fingerprint density at radius 2 is 1.87 bits per heavy atom. The third-order valence-corrected chi connectivity index (χ3v) is 8.94. The Labute approximate surface area is 187 Å². The highest BCUT2D eigenvalue weighted by Gasteiger charge is 2.77. The maximum atomic E-state index is 13.7. The first-order chi connectivity index (χ1) is 14.6. The van der Waals surface area contributed by atoms with Gasteiger partial charge in [0.05, 0.1) is 29.2 Å². The van der Waals surface area contributed by atoms with Crippen molar-refractivity contribution in [2.24, 2.45) is 11.8 Å². The van der Waals surface area contributed by atoms with Crippen molar-refractivity contribution in [1.82, 2.24) is 10.2 Å². The lowest BCUT2D eigenvalue weighted by Gasteiger charge is -2.36. The molecule has 0 radical (unpaired) electrons. The molecule has 31 heavy (non-hydrogen) atoms. The van der Waals surface area contributed by atoms with Crippen LogP contribution in [0.3, 0.4) is 0 Å². The van der Waals surface area contributed by atoms with Crippen LogP contribution in [0.5, 0.6) is 0 Å². The van der Waals surface area contributed by atoms with Gasteiger partial charge in [-0.3, -0.25) is 14.4 Å². The summed E-state index contributed by atoms with van der Waals surface area (Å²) in [6.07, 6.45) is 1.46. The minimum atomic E-state index is -0.698. The average molecular weight is 446 g/mol. The van der Waals surface area contributed by atoms with Gasteiger partial charge in [0.2, 0.25) is 17.7 Å². The monoisotopic (exact) mass is 445 g/mol. The van der Waals surface area contributed by atoms with E-state index in [0.29, 0.717) is 12.1 Å². The van der Waals surface area contributed by atoms with E-state index in [9.17, 15) is 19.5 Å². The van der Waals surface area contributed by atoms with Crippen LogP contribution in [0, 0.1) is 11.8 Å². The van der Waals surface area contributed by atoms with E-state index in [2.05, 4.69) is 10.6 Å². The first kappa shape index (κ1) is 22.1. The molecule has 0 aliphatic carbocycles. The van der Waals surface area contributed by atoms with Crippen LogP contribution in [-0.2, 0) is 14.4 Å². The summed E-state index contributed by atoms with van der Waals surface area (Å²) in [4.78, 5) is 42.0. The second-order valence-electron chi connectivity index (χ2n) is 9.52. The van der Waals surface area contributed by atoms with Crippen molar-refractivity contribution in [2.45, 2.75) is 68.2 Å². The quantitative estimate of drug-likeness (QED) is 0.622. The highest BCUT2D eigenvalue weighted by atomic mass is 32.2. The molecule has 8 heteroatoms. The molecule has 6 atom stereocenters. The highest BCUT2D eigenvalue weighted by Crippen LogP contribution is 2.71. The number of benzene rings is 1. The number of nitrogens with zero attached hydrogens (tertiary/aromatic N) is 1. The molecule has 1 aromatic rings. The van der Waals surface area contributed by atoms with Gasteiger partial charge in [0.15, 0.2) is 0 Å². The fraction of sp³-hybridized carbons (Fsp3) is 0.609. The Kier molecular flexibility index (Phi) is 5.58. The Morgan fingerprint density at radius 1 is 1.19 bits per heavy atom. The molecule has 0 saturated carbocycles. The Morgan fingerprint density at radius 3 is 2.48 bits per heavy atom. The van der Waals surface area contributed by atoms with E-state index < -0.39 is 33.4 Å². The second kappa shape index (κ2) is 7.81. The molecular weight excluding hydrogens is 414 g/mol. The smallest absolute Gasteiger partial charge is 0.244 e. The van der Waals surface area contributed by atoms with Crippen LogP contribution < -0.4 is 10.6 Å². The van der Waals surface area contributed by atoms with Gasteiger partial charge in [0, 0.05) is 16.5 Å². The van der Waals surface area contributed by atoms with Gasteiger partial charge in [-0.2, -0.15) is 0 Å². The molecule has 3 aliphatic rings. The van der Waals surface area contributed by atoms with E-state index in [1.54, 1.807) is 23.6 Å². The van der Waals surface area contributed by atoms with Gasteiger partial charge in [0.1, 0.15) is 6.04 Å². The molecular formula is C23H31N3O4S. The number of aliphatic hydroxyl groups is 1. The van der Waals surface area contributed by atoms with Gasteiger partial charge in [-0.05, 0) is 52.7 Å².